The summed E-state index contributed by atoms with van der Waals surface area (Å²) >= 11 is 15.8. The molecule has 50 nitrogen and oxygen atoms in total. The first-order valence-electron chi connectivity index (χ1n) is 35.2. The standard InChI is InChI=1S/C58H70N24O26P4S3/c1-6-23-24(7-28(100-23)79-15-66-31-43(79)72-53(60)75-47(31)85)105-110(90,113)93-9-26-25(8-27(101-26)78-14-65-29-40(59)63-13-64-41(29)78)106-111(91,114)96-12-58-21(4)98-35(51(104-58)81-17-68-32-44(81)73-54(61)76-48(32)86)38(58)107-109(88,89)94-11-57-20(3)99-36(52(103-57)82-18-69-33-45(82)74-55(62)77-49(33)87)39(57)108-112(92,115)95-10-56-19(2)97-34(37(56)83)50(102-56)80-16-67-30-42(80)70-22(5)71-46(30)84/h13-21,23-28,34-39,50-52,83H,6-12H2,1-5H3,(H,88,89)(H,90,113)(H,91,114)(H,92,115)(H2,59,63,64)(H,70,71,84)(H3,60,72,75,85)(H3,61,73,76,86)(H3,62,74,77,87)/t19-,20-,21-,23+,24+,25+,26+,27+,28+,34?,35?,36?,37+,38+,39+,50+,51+,52+,56-,57-,58-,110?,111?,112?/m0/s1. The van der Waals surface area contributed by atoms with Crippen LogP contribution in [0.1, 0.15) is 83.9 Å². The molecular formula is C58H70N24O26P4S3. The van der Waals surface area contributed by atoms with Crippen molar-refractivity contribution in [3.05, 3.63) is 85.2 Å². The van der Waals surface area contributed by atoms with E-state index < -0.39 is 204 Å². The summed E-state index contributed by atoms with van der Waals surface area (Å²) in [4.78, 5) is 145. The lowest BCUT2D eigenvalue weighted by atomic mass is 9.94. The maximum Gasteiger partial charge on any atom is 0.472 e. The topological polar surface area (TPSA) is 665 Å². The molecule has 0 spiro atoms. The molecule has 0 amide bonds. The zero-order valence-electron chi connectivity index (χ0n) is 60.1. The number of aliphatic hydroxyl groups is 1. The number of H-pyrrole nitrogens is 4. The number of hydrogen-bond donors (Lipinski definition) is 13. The maximum absolute atomic E-state index is 15.3. The highest BCUT2D eigenvalue weighted by Crippen LogP contribution is 2.64. The van der Waals surface area contributed by atoms with Gasteiger partial charge in [0.25, 0.3) is 22.2 Å². The molecule has 115 heavy (non-hydrogen) atoms. The summed E-state index contributed by atoms with van der Waals surface area (Å²) < 4.78 is 139. The average Bonchev–Trinajstić information content (AvgIpc) is 1.55. The minimum Gasteiger partial charge on any atom is -0.387 e. The summed E-state index contributed by atoms with van der Waals surface area (Å²) in [5.74, 6) is -0.523. The van der Waals surface area contributed by atoms with Crippen LogP contribution in [0, 0.1) is 6.92 Å². The van der Waals surface area contributed by atoms with Crippen LogP contribution in [0.25, 0.3) is 55.8 Å². The predicted octanol–water partition coefficient (Wildman–Crippen LogP) is -0.314. The molecule has 8 aliphatic heterocycles. The second-order valence-electron chi connectivity index (χ2n) is 28.4. The number of phosphoric acid groups is 1. The van der Waals surface area contributed by atoms with E-state index >= 15 is 9.13 Å². The third kappa shape index (κ3) is 13.3. The highest BCUT2D eigenvalue weighted by molar-refractivity contribution is 8.44. The Morgan fingerprint density at radius 3 is 1.50 bits per heavy atom. The van der Waals surface area contributed by atoms with Gasteiger partial charge in [-0.15, -0.1) is 0 Å². The first-order chi connectivity index (χ1) is 54.5. The SMILES string of the molecule is CC[C@H]1O[C@@H](n2cnc3c(=O)[nH]c(N)nc32)C[C@H]1OP(O)(=S)OC[C@H]1O[C@@H](n2cnc3c(N)ncnc32)C[C@H]1OP(=O)(S)OC[C@]12O[C@@H](n3cnc4c(=O)[nH]c(N)nc43)C(O[C@H]1C)[C@H]2OP(=O)(O)OC[C@]12O[C@@H](n3cnc4c(=O)[nH]c(N)nc43)C(O[C@H]1C)[C@H]2OP(O)(=S)OC[C@]12O[C@@H](n3cnc4c(=O)[nH]c(C)nc43)C(O[C@H]1C)[C@H]2O. The van der Waals surface area contributed by atoms with Gasteiger partial charge < -0.3 is 99.2 Å². The van der Waals surface area contributed by atoms with Gasteiger partial charge in [-0.1, -0.05) is 19.2 Å². The zero-order valence-corrected chi connectivity index (χ0v) is 66.2. The van der Waals surface area contributed by atoms with Crippen LogP contribution in [0.2, 0.25) is 0 Å². The Kier molecular flexibility index (Phi) is 19.4. The first-order valence-corrected chi connectivity index (χ1v) is 44.6. The monoisotopic (exact) mass is 1740 g/mol. The van der Waals surface area contributed by atoms with Crippen LogP contribution in [0.5, 0.6) is 0 Å². The molecule has 10 aromatic heterocycles. The number of fused-ring (bicyclic) bond motifs is 11. The summed E-state index contributed by atoms with van der Waals surface area (Å²) in [5.41, 5.74) is 15.4. The van der Waals surface area contributed by atoms with Crippen LogP contribution >= 0.6 is 40.3 Å². The number of rotatable bonds is 26. The van der Waals surface area contributed by atoms with E-state index in [1.807, 2.05) is 6.92 Å². The Morgan fingerprint density at radius 1 is 0.522 bits per heavy atom. The lowest BCUT2D eigenvalue weighted by molar-refractivity contribution is -0.217. The van der Waals surface area contributed by atoms with Crippen molar-refractivity contribution in [3.8, 4) is 0 Å². The summed E-state index contributed by atoms with van der Waals surface area (Å²) in [6.45, 7) is -9.22. The van der Waals surface area contributed by atoms with E-state index in [0.29, 0.717) is 6.42 Å². The molecule has 0 aromatic carbocycles. The quantitative estimate of drug-likeness (QED) is 0.0244. The van der Waals surface area contributed by atoms with Gasteiger partial charge in [-0.25, -0.2) is 49.0 Å². The number of phosphoric ester groups is 1. The van der Waals surface area contributed by atoms with E-state index in [4.69, 9.17) is 121 Å². The largest absolute Gasteiger partial charge is 0.472 e. The molecule has 57 heteroatoms. The van der Waals surface area contributed by atoms with Crippen molar-refractivity contribution in [1.82, 2.24) is 97.6 Å². The summed E-state index contributed by atoms with van der Waals surface area (Å²) in [6, 6.07) is 0. The van der Waals surface area contributed by atoms with Crippen molar-refractivity contribution in [2.24, 2.45) is 0 Å². The second kappa shape index (κ2) is 28.3. The normalized spacial score (nSPS) is 34.4. The van der Waals surface area contributed by atoms with E-state index in [9.17, 15) is 39.0 Å². The molecule has 0 radical (unpaired) electrons. The van der Waals surface area contributed by atoms with Crippen LogP contribution in [0.15, 0.2) is 57.1 Å². The van der Waals surface area contributed by atoms with Crippen molar-refractivity contribution in [2.45, 2.75) is 181 Å². The van der Waals surface area contributed by atoms with Crippen molar-refractivity contribution in [1.29, 1.82) is 0 Å². The van der Waals surface area contributed by atoms with Crippen LogP contribution in [0.4, 0.5) is 23.7 Å². The Balaban J connectivity index is 0.616. The van der Waals surface area contributed by atoms with E-state index in [1.165, 1.54) is 68.3 Å². The average molecular weight is 1740 g/mol. The summed E-state index contributed by atoms with van der Waals surface area (Å²) in [6.07, 6.45) is -14.7. The fourth-order valence-electron chi connectivity index (χ4n) is 16.1. The molecule has 7 unspecified atom stereocenters. The lowest BCUT2D eigenvalue weighted by Gasteiger charge is -2.38. The molecule has 25 atom stereocenters. The van der Waals surface area contributed by atoms with Crippen molar-refractivity contribution < 1.29 is 103 Å². The van der Waals surface area contributed by atoms with Gasteiger partial charge in [-0.3, -0.25) is 79.6 Å². The van der Waals surface area contributed by atoms with Gasteiger partial charge in [0.15, 0.2) is 74.8 Å². The Morgan fingerprint density at radius 2 is 0.948 bits per heavy atom. The number of thiol groups is 1. The molecule has 10 aromatic rings. The Labute approximate surface area is 656 Å². The molecule has 616 valence electrons. The molecule has 16 N–H and O–H groups in total. The molecule has 6 bridgehead atoms. The molecule has 8 saturated heterocycles. The van der Waals surface area contributed by atoms with Gasteiger partial charge in [0.1, 0.15) is 95.8 Å². The molecule has 18 rings (SSSR count). The number of ether oxygens (including phenoxy) is 8. The first kappa shape index (κ1) is 78.6. The van der Waals surface area contributed by atoms with E-state index in [0.717, 1.165) is 6.33 Å². The number of hydrogen-bond acceptors (Lipinski definition) is 40. The number of aryl methyl sites for hydroxylation is 1. The third-order valence-electron chi connectivity index (χ3n) is 21.7. The summed E-state index contributed by atoms with van der Waals surface area (Å²) in [7, 11) is -5.70. The third-order valence-corrected chi connectivity index (χ3v) is 27.4. The highest BCUT2D eigenvalue weighted by atomic mass is 32.7. The number of nitrogens with one attached hydrogen (secondary N) is 4. The molecule has 8 fully saturated rings. The second-order valence-corrected chi connectivity index (χ2v) is 38.3. The fourth-order valence-corrected chi connectivity index (χ4v) is 21.6. The zero-order chi connectivity index (χ0) is 80.9. The number of nitrogens with two attached hydrogens (primary N) is 4. The fraction of sp³-hybridized carbons (Fsp3) is 0.569. The minimum absolute atomic E-state index is 0.00328. The number of anilines is 4. The van der Waals surface area contributed by atoms with E-state index in [2.05, 4.69) is 87.0 Å². The Bertz CT molecular complexity index is 6050. The van der Waals surface area contributed by atoms with Gasteiger partial charge in [0.2, 0.25) is 17.8 Å². The molecule has 0 aliphatic carbocycles. The number of aliphatic hydroxyl groups excluding tert-OH is 1. The number of nitrogen functional groups attached to an aromatic ring is 4. The van der Waals surface area contributed by atoms with Crippen LogP contribution in [-0.4, -0.2) is 240 Å². The van der Waals surface area contributed by atoms with Crippen LogP contribution in [0.3, 0.4) is 0 Å². The maximum atomic E-state index is 15.3. The smallest absolute Gasteiger partial charge is 0.387 e. The molecule has 8 aliphatic rings. The Hall–Kier alpha value is -7.54. The lowest BCUT2D eigenvalue weighted by Crippen LogP contribution is -2.51. The number of aromatic nitrogens is 20. The minimum atomic E-state index is -5.70. The highest BCUT2D eigenvalue weighted by Gasteiger charge is 2.72. The van der Waals surface area contributed by atoms with Gasteiger partial charge in [-0.05, 0) is 57.7 Å². The van der Waals surface area contributed by atoms with Crippen molar-refractivity contribution in [3.63, 3.8) is 0 Å². The molecule has 0 saturated carbocycles. The van der Waals surface area contributed by atoms with E-state index in [-0.39, 0.29) is 98.1 Å². The van der Waals surface area contributed by atoms with Crippen LogP contribution < -0.4 is 45.2 Å². The van der Waals surface area contributed by atoms with Crippen molar-refractivity contribution in [2.75, 3.05) is 49.4 Å². The summed E-state index contributed by atoms with van der Waals surface area (Å²) in [5, 5.41) is 11.9. The number of nitrogens with zero attached hydrogens (tertiary/aromatic N) is 16. The predicted molar refractivity (Wildman–Crippen MR) is 398 cm³/mol. The number of aromatic amines is 4. The molecular weight excluding hydrogens is 1670 g/mol. The van der Waals surface area contributed by atoms with E-state index in [1.54, 1.807) is 13.8 Å². The van der Waals surface area contributed by atoms with Gasteiger partial charge in [0, 0.05) is 12.8 Å². The van der Waals surface area contributed by atoms with Gasteiger partial charge >= 0.3 is 28.1 Å². The molecule has 18 heterocycles. The van der Waals surface area contributed by atoms with Crippen molar-refractivity contribution >= 4 is 143 Å². The van der Waals surface area contributed by atoms with Gasteiger partial charge in [-0.2, -0.15) is 15.0 Å². The number of imidazole rings is 5. The van der Waals surface area contributed by atoms with Crippen LogP contribution in [-0.2, 0) is 107 Å². The van der Waals surface area contributed by atoms with Gasteiger partial charge in [0.05, 0.1) is 88.6 Å².